The van der Waals surface area contributed by atoms with Gasteiger partial charge in [0, 0.05) is 5.56 Å². The van der Waals surface area contributed by atoms with E-state index in [1.807, 2.05) is 42.5 Å². The molecule has 0 atom stereocenters. The Bertz CT molecular complexity index is 834. The van der Waals surface area contributed by atoms with Crippen LogP contribution in [0.3, 0.4) is 0 Å². The lowest BCUT2D eigenvalue weighted by molar-refractivity contribution is -0.104. The van der Waals surface area contributed by atoms with Crippen molar-refractivity contribution in [1.29, 1.82) is 0 Å². The van der Waals surface area contributed by atoms with Crippen molar-refractivity contribution in [3.05, 3.63) is 59.7 Å². The van der Waals surface area contributed by atoms with E-state index in [2.05, 4.69) is 0 Å². The zero-order valence-electron chi connectivity index (χ0n) is 10.7. The molecule has 0 bridgehead atoms. The zero-order valence-corrected chi connectivity index (χ0v) is 10.7. The predicted molar refractivity (Wildman–Crippen MR) is 77.8 cm³/mol. The van der Waals surface area contributed by atoms with Crippen molar-refractivity contribution in [3.63, 3.8) is 0 Å². The maximum atomic E-state index is 12.0. The first kappa shape index (κ1) is 12.5. The molecule has 3 aromatic rings. The Labute approximate surface area is 115 Å². The van der Waals surface area contributed by atoms with Crippen LogP contribution in [0.25, 0.3) is 21.5 Å². The van der Waals surface area contributed by atoms with E-state index >= 15 is 0 Å². The summed E-state index contributed by atoms with van der Waals surface area (Å²) in [6.07, 6.45) is 0.340. The molecule has 3 rings (SSSR count). The van der Waals surface area contributed by atoms with Crippen LogP contribution in [0.2, 0.25) is 0 Å². The van der Waals surface area contributed by atoms with Crippen molar-refractivity contribution >= 4 is 33.6 Å². The van der Waals surface area contributed by atoms with Crippen molar-refractivity contribution in [2.75, 3.05) is 0 Å². The summed E-state index contributed by atoms with van der Waals surface area (Å²) in [5, 5.41) is 12.5. The van der Waals surface area contributed by atoms with Gasteiger partial charge in [0.1, 0.15) is 0 Å². The van der Waals surface area contributed by atoms with E-state index in [1.165, 1.54) is 0 Å². The molecule has 3 nitrogen and oxygen atoms in total. The van der Waals surface area contributed by atoms with Crippen LogP contribution in [0, 0.1) is 0 Å². The molecule has 98 valence electrons. The fourth-order valence-electron chi connectivity index (χ4n) is 2.53. The van der Waals surface area contributed by atoms with Crippen LogP contribution >= 0.6 is 0 Å². The van der Waals surface area contributed by atoms with Gasteiger partial charge in [-0.2, -0.15) is 0 Å². The van der Waals surface area contributed by atoms with Crippen LogP contribution < -0.4 is 0 Å². The van der Waals surface area contributed by atoms with Gasteiger partial charge in [0.25, 0.3) is 0 Å². The lowest BCUT2D eigenvalue weighted by Gasteiger charge is -2.09. The number of Topliss-reactive ketones (excluding diaryl/α,β-unsaturated/α-hetero) is 1. The highest BCUT2D eigenvalue weighted by atomic mass is 16.3. The third-order valence-electron chi connectivity index (χ3n) is 3.46. The molecule has 0 aromatic heterocycles. The Balaban J connectivity index is 2.51. The normalized spacial score (nSPS) is 10.8. The van der Waals surface area contributed by atoms with E-state index in [1.54, 1.807) is 6.07 Å². The molecule has 3 heteroatoms. The van der Waals surface area contributed by atoms with E-state index in [-0.39, 0.29) is 6.61 Å². The highest BCUT2D eigenvalue weighted by molar-refractivity contribution is 6.40. The average Bonchev–Trinajstić information content (AvgIpc) is 2.51. The molecule has 3 aromatic carbocycles. The Morgan fingerprint density at radius 1 is 1.00 bits per heavy atom. The largest absolute Gasteiger partial charge is 0.392 e. The molecule has 0 saturated carbocycles. The van der Waals surface area contributed by atoms with Gasteiger partial charge in [-0.1, -0.05) is 36.4 Å². The fourth-order valence-corrected chi connectivity index (χ4v) is 2.53. The SMILES string of the molecule is O=CC(=O)c1c2ccccc2cc2ccc(CO)cc12. The van der Waals surface area contributed by atoms with Crippen LogP contribution in [-0.2, 0) is 11.4 Å². The van der Waals surface area contributed by atoms with Gasteiger partial charge in [0.15, 0.2) is 6.29 Å². The van der Waals surface area contributed by atoms with Gasteiger partial charge >= 0.3 is 0 Å². The van der Waals surface area contributed by atoms with Crippen LogP contribution in [0.5, 0.6) is 0 Å². The number of carbonyl (C=O) groups excluding carboxylic acids is 2. The number of rotatable bonds is 3. The van der Waals surface area contributed by atoms with E-state index in [0.29, 0.717) is 22.8 Å². The number of benzene rings is 3. The standard InChI is InChI=1S/C17H12O3/c18-9-11-5-6-13-8-12-3-1-2-4-14(12)17(15(13)7-11)16(20)10-19/h1-8,10,18H,9H2. The number of hydrogen-bond donors (Lipinski definition) is 1. The maximum Gasteiger partial charge on any atom is 0.226 e. The van der Waals surface area contributed by atoms with Gasteiger partial charge in [-0.05, 0) is 39.2 Å². The Hall–Kier alpha value is -2.52. The number of aliphatic hydroxyl groups excluding tert-OH is 1. The van der Waals surface area contributed by atoms with Crippen molar-refractivity contribution in [3.8, 4) is 0 Å². The van der Waals surface area contributed by atoms with Crippen molar-refractivity contribution in [1.82, 2.24) is 0 Å². The van der Waals surface area contributed by atoms with Crippen LogP contribution in [-0.4, -0.2) is 17.2 Å². The Morgan fingerprint density at radius 2 is 1.75 bits per heavy atom. The molecule has 0 spiro atoms. The van der Waals surface area contributed by atoms with Gasteiger partial charge in [-0.3, -0.25) is 9.59 Å². The number of hydrogen-bond acceptors (Lipinski definition) is 3. The van der Waals surface area contributed by atoms with Gasteiger partial charge in [0.2, 0.25) is 5.78 Å². The van der Waals surface area contributed by atoms with Gasteiger partial charge < -0.3 is 5.11 Å². The highest BCUT2D eigenvalue weighted by Gasteiger charge is 2.14. The second-order valence-electron chi connectivity index (χ2n) is 4.67. The zero-order chi connectivity index (χ0) is 14.1. The minimum Gasteiger partial charge on any atom is -0.392 e. The predicted octanol–water partition coefficient (Wildman–Crippen LogP) is 2.87. The highest BCUT2D eigenvalue weighted by Crippen LogP contribution is 2.29. The van der Waals surface area contributed by atoms with Crippen molar-refractivity contribution < 1.29 is 14.7 Å². The molecule has 0 fully saturated rings. The summed E-state index contributed by atoms with van der Waals surface area (Å²) >= 11 is 0. The summed E-state index contributed by atoms with van der Waals surface area (Å²) in [4.78, 5) is 23.0. The first-order valence-corrected chi connectivity index (χ1v) is 6.29. The van der Waals surface area contributed by atoms with E-state index in [4.69, 9.17) is 0 Å². The quantitative estimate of drug-likeness (QED) is 0.342. The summed E-state index contributed by atoms with van der Waals surface area (Å²) in [6.45, 7) is -0.0997. The van der Waals surface area contributed by atoms with Crippen molar-refractivity contribution in [2.45, 2.75) is 6.61 Å². The number of aliphatic hydroxyl groups is 1. The lowest BCUT2D eigenvalue weighted by Crippen LogP contribution is -2.02. The number of ketones is 1. The number of fused-ring (bicyclic) bond motifs is 2. The molecule has 0 saturated heterocycles. The maximum absolute atomic E-state index is 12.0. The minimum atomic E-state index is -0.540. The molecule has 0 heterocycles. The summed E-state index contributed by atoms with van der Waals surface area (Å²) in [7, 11) is 0. The second kappa shape index (κ2) is 4.87. The summed E-state index contributed by atoms with van der Waals surface area (Å²) < 4.78 is 0. The van der Waals surface area contributed by atoms with Crippen LogP contribution in [0.4, 0.5) is 0 Å². The molecule has 0 aliphatic rings. The summed E-state index contributed by atoms with van der Waals surface area (Å²) in [6, 6.07) is 14.9. The first-order valence-electron chi connectivity index (χ1n) is 6.29. The molecule has 0 aliphatic carbocycles. The monoisotopic (exact) mass is 264 g/mol. The smallest absolute Gasteiger partial charge is 0.226 e. The minimum absolute atomic E-state index is 0.0997. The lowest BCUT2D eigenvalue weighted by atomic mass is 9.93. The molecular formula is C17H12O3. The third kappa shape index (κ3) is 1.89. The molecular weight excluding hydrogens is 252 g/mol. The van der Waals surface area contributed by atoms with Gasteiger partial charge in [-0.25, -0.2) is 0 Å². The third-order valence-corrected chi connectivity index (χ3v) is 3.46. The van der Waals surface area contributed by atoms with Crippen molar-refractivity contribution in [2.24, 2.45) is 0 Å². The molecule has 0 radical (unpaired) electrons. The molecule has 0 amide bonds. The number of carbonyl (C=O) groups is 2. The van der Waals surface area contributed by atoms with Crippen LogP contribution in [0.1, 0.15) is 15.9 Å². The Morgan fingerprint density at radius 3 is 2.50 bits per heavy atom. The average molecular weight is 264 g/mol. The topological polar surface area (TPSA) is 54.4 Å². The second-order valence-corrected chi connectivity index (χ2v) is 4.67. The van der Waals surface area contributed by atoms with Gasteiger partial charge in [-0.15, -0.1) is 0 Å². The van der Waals surface area contributed by atoms with Gasteiger partial charge in [0.05, 0.1) is 6.61 Å². The molecule has 20 heavy (non-hydrogen) atoms. The molecule has 1 N–H and O–H groups in total. The van der Waals surface area contributed by atoms with E-state index in [9.17, 15) is 14.7 Å². The Kier molecular flexibility index (Phi) is 3.05. The first-order chi connectivity index (χ1) is 9.74. The molecule has 0 unspecified atom stereocenters. The molecule has 0 aliphatic heterocycles. The van der Waals surface area contributed by atoms with Crippen LogP contribution in [0.15, 0.2) is 48.5 Å². The van der Waals surface area contributed by atoms with E-state index in [0.717, 1.165) is 16.2 Å². The number of aldehydes is 1. The fraction of sp³-hybridized carbons (Fsp3) is 0.0588. The summed E-state index contributed by atoms with van der Waals surface area (Å²) in [5.41, 5.74) is 1.12. The summed E-state index contributed by atoms with van der Waals surface area (Å²) in [5.74, 6) is -0.540. The van der Waals surface area contributed by atoms with E-state index < -0.39 is 5.78 Å².